The van der Waals surface area contributed by atoms with Crippen LogP contribution in [0.1, 0.15) is 0 Å². The fraction of sp³-hybridized carbons (Fsp3) is 0.0476. The zero-order chi connectivity index (χ0) is 29.9. The van der Waals surface area contributed by atoms with Crippen molar-refractivity contribution in [2.45, 2.75) is 0 Å². The Labute approximate surface area is 259 Å². The van der Waals surface area contributed by atoms with E-state index >= 15 is 0 Å². The van der Waals surface area contributed by atoms with Crippen LogP contribution in [0.2, 0.25) is 0 Å². The van der Waals surface area contributed by atoms with Crippen LogP contribution in [0.4, 0.5) is 5.69 Å². The van der Waals surface area contributed by atoms with Gasteiger partial charge in [-0.25, -0.2) is 0 Å². The van der Waals surface area contributed by atoms with Gasteiger partial charge in [0.15, 0.2) is 0 Å². The lowest BCUT2D eigenvalue weighted by atomic mass is 9.80. The highest BCUT2D eigenvalue weighted by Crippen LogP contribution is 2.50. The summed E-state index contributed by atoms with van der Waals surface area (Å²) in [5.74, 6) is 1.68. The van der Waals surface area contributed by atoms with Crippen molar-refractivity contribution in [3.05, 3.63) is 164 Å². The van der Waals surface area contributed by atoms with E-state index in [1.54, 1.807) is 0 Å². The molecule has 0 spiro atoms. The van der Waals surface area contributed by atoms with Crippen molar-refractivity contribution in [2.24, 2.45) is 0 Å². The highest BCUT2D eigenvalue weighted by Gasteiger charge is 2.25. The van der Waals surface area contributed by atoms with Crippen LogP contribution in [0.15, 0.2) is 168 Å². The largest absolute Gasteiger partial charge is 0.456 e. The van der Waals surface area contributed by atoms with Crippen molar-refractivity contribution < 1.29 is 4.42 Å². The van der Waals surface area contributed by atoms with Crippen molar-refractivity contribution in [3.63, 3.8) is 0 Å². The first kappa shape index (κ1) is 27.2. The van der Waals surface area contributed by atoms with Crippen molar-refractivity contribution >= 4 is 5.69 Å². The monoisotopic (exact) mass is 567 g/mol. The fourth-order valence-corrected chi connectivity index (χ4v) is 5.99. The maximum Gasteiger partial charge on any atom is 0.135 e. The predicted molar refractivity (Wildman–Crippen MR) is 186 cm³/mol. The standard InChI is InChI=1S/C42H33NO/c1-43(2)35-25-23-31(24-26-35)38-27-28-39(44-38)37-29-36(30-15-7-3-8-16-30)40(32-17-9-4-10-18-32)42(34-21-13-6-14-22-34)41(37)33-19-11-5-12-20-33/h3-29H,1-2H3. The molecule has 0 aliphatic heterocycles. The van der Waals surface area contributed by atoms with Gasteiger partial charge in [-0.2, -0.15) is 0 Å². The van der Waals surface area contributed by atoms with E-state index in [9.17, 15) is 0 Å². The lowest BCUT2D eigenvalue weighted by molar-refractivity contribution is 0.597. The summed E-state index contributed by atoms with van der Waals surface area (Å²) < 4.78 is 6.73. The Balaban J connectivity index is 1.56. The lowest BCUT2D eigenvalue weighted by Crippen LogP contribution is -2.07. The van der Waals surface area contributed by atoms with Crippen LogP contribution in [-0.2, 0) is 0 Å². The molecule has 7 rings (SSSR count). The van der Waals surface area contributed by atoms with Crippen molar-refractivity contribution in [1.29, 1.82) is 0 Å². The minimum absolute atomic E-state index is 0.838. The second-order valence-corrected chi connectivity index (χ2v) is 11.2. The van der Waals surface area contributed by atoms with E-state index < -0.39 is 0 Å². The van der Waals surface area contributed by atoms with E-state index in [1.807, 2.05) is 0 Å². The maximum absolute atomic E-state index is 6.73. The Bertz CT molecular complexity index is 1990. The van der Waals surface area contributed by atoms with Gasteiger partial charge < -0.3 is 9.32 Å². The third-order valence-electron chi connectivity index (χ3n) is 8.14. The van der Waals surface area contributed by atoms with Gasteiger partial charge in [-0.3, -0.25) is 0 Å². The smallest absolute Gasteiger partial charge is 0.135 e. The van der Waals surface area contributed by atoms with Gasteiger partial charge >= 0.3 is 0 Å². The molecule has 0 aliphatic carbocycles. The Hall–Kier alpha value is -5.60. The first-order valence-corrected chi connectivity index (χ1v) is 15.0. The molecule has 0 saturated heterocycles. The number of hydrogen-bond donors (Lipinski definition) is 0. The van der Waals surface area contributed by atoms with E-state index in [0.29, 0.717) is 0 Å². The highest BCUT2D eigenvalue weighted by molar-refractivity contribution is 6.07. The van der Waals surface area contributed by atoms with Crippen LogP contribution in [0.5, 0.6) is 0 Å². The average molecular weight is 568 g/mol. The molecule has 2 nitrogen and oxygen atoms in total. The second-order valence-electron chi connectivity index (χ2n) is 11.2. The molecule has 6 aromatic carbocycles. The molecule has 0 aliphatic rings. The van der Waals surface area contributed by atoms with Gasteiger partial charge in [0.1, 0.15) is 11.5 Å². The topological polar surface area (TPSA) is 16.4 Å². The molecule has 0 bridgehead atoms. The number of benzene rings is 6. The summed E-state index contributed by atoms with van der Waals surface area (Å²) in [6, 6.07) is 57.9. The number of rotatable bonds is 7. The second kappa shape index (κ2) is 11.9. The van der Waals surface area contributed by atoms with E-state index in [4.69, 9.17) is 4.42 Å². The first-order chi connectivity index (χ1) is 21.7. The third kappa shape index (κ3) is 5.23. The molecule has 212 valence electrons. The van der Waals surface area contributed by atoms with Gasteiger partial charge in [-0.05, 0) is 81.4 Å². The van der Waals surface area contributed by atoms with E-state index in [-0.39, 0.29) is 0 Å². The molecule has 0 fully saturated rings. The first-order valence-electron chi connectivity index (χ1n) is 15.0. The summed E-state index contributed by atoms with van der Waals surface area (Å²) in [6.07, 6.45) is 0. The molecule has 7 aromatic rings. The molecule has 0 saturated carbocycles. The third-order valence-corrected chi connectivity index (χ3v) is 8.14. The minimum Gasteiger partial charge on any atom is -0.456 e. The van der Waals surface area contributed by atoms with Gasteiger partial charge in [0.25, 0.3) is 0 Å². The Kier molecular flexibility index (Phi) is 7.40. The molecule has 1 heterocycles. The van der Waals surface area contributed by atoms with Crippen molar-refractivity contribution in [1.82, 2.24) is 0 Å². The number of nitrogens with zero attached hydrogens (tertiary/aromatic N) is 1. The molecule has 0 amide bonds. The SMILES string of the molecule is CN(C)c1ccc(-c2ccc(-c3cc(-c4ccccc4)c(-c4ccccc4)c(-c4ccccc4)c3-c3ccccc3)o2)cc1. The molecule has 1 aromatic heterocycles. The summed E-state index contributed by atoms with van der Waals surface area (Å²) >= 11 is 0. The Morgan fingerprint density at radius 3 is 1.30 bits per heavy atom. The van der Waals surface area contributed by atoms with Crippen LogP contribution in [0, 0.1) is 0 Å². The van der Waals surface area contributed by atoms with Gasteiger partial charge in [-0.1, -0.05) is 121 Å². The van der Waals surface area contributed by atoms with E-state index in [1.165, 1.54) is 22.3 Å². The van der Waals surface area contributed by atoms with E-state index in [0.717, 1.165) is 50.6 Å². The number of furan rings is 1. The average Bonchev–Trinajstić information content (AvgIpc) is 3.59. The molecule has 2 heteroatoms. The minimum atomic E-state index is 0.838. The van der Waals surface area contributed by atoms with Crippen molar-refractivity contribution in [3.8, 4) is 67.2 Å². The van der Waals surface area contributed by atoms with Crippen LogP contribution < -0.4 is 4.90 Å². The molecule has 0 N–H and O–H groups in total. The Morgan fingerprint density at radius 2 is 0.795 bits per heavy atom. The molecule has 0 radical (unpaired) electrons. The summed E-state index contributed by atoms with van der Waals surface area (Å²) in [5.41, 5.74) is 12.6. The molecular weight excluding hydrogens is 534 g/mol. The van der Waals surface area contributed by atoms with Crippen LogP contribution in [0.3, 0.4) is 0 Å². The Morgan fingerprint density at radius 1 is 0.364 bits per heavy atom. The van der Waals surface area contributed by atoms with Gasteiger partial charge in [-0.15, -0.1) is 0 Å². The molecule has 0 atom stereocenters. The number of anilines is 1. The van der Waals surface area contributed by atoms with Crippen molar-refractivity contribution in [2.75, 3.05) is 19.0 Å². The normalized spacial score (nSPS) is 11.0. The fourth-order valence-electron chi connectivity index (χ4n) is 5.99. The zero-order valence-electron chi connectivity index (χ0n) is 24.9. The van der Waals surface area contributed by atoms with Crippen LogP contribution in [0.25, 0.3) is 67.2 Å². The summed E-state index contributed by atoms with van der Waals surface area (Å²) in [4.78, 5) is 2.11. The summed E-state index contributed by atoms with van der Waals surface area (Å²) in [6.45, 7) is 0. The summed E-state index contributed by atoms with van der Waals surface area (Å²) in [5, 5.41) is 0. The van der Waals surface area contributed by atoms with Gasteiger partial charge in [0.2, 0.25) is 0 Å². The highest BCUT2D eigenvalue weighted by atomic mass is 16.3. The quantitative estimate of drug-likeness (QED) is 0.190. The lowest BCUT2D eigenvalue weighted by Gasteiger charge is -2.23. The summed E-state index contributed by atoms with van der Waals surface area (Å²) in [7, 11) is 4.11. The molecular formula is C42H33NO. The predicted octanol–water partition coefficient (Wildman–Crippen LogP) is 11.3. The van der Waals surface area contributed by atoms with E-state index in [2.05, 4.69) is 183 Å². The molecule has 0 unspecified atom stereocenters. The zero-order valence-corrected chi connectivity index (χ0v) is 24.9. The van der Waals surface area contributed by atoms with Gasteiger partial charge in [0.05, 0.1) is 0 Å². The van der Waals surface area contributed by atoms with Crippen LogP contribution in [-0.4, -0.2) is 14.1 Å². The maximum atomic E-state index is 6.73. The number of hydrogen-bond acceptors (Lipinski definition) is 2. The van der Waals surface area contributed by atoms with Crippen LogP contribution >= 0.6 is 0 Å². The van der Waals surface area contributed by atoms with Gasteiger partial charge in [0, 0.05) is 36.5 Å². The molecule has 44 heavy (non-hydrogen) atoms.